The van der Waals surface area contributed by atoms with Gasteiger partial charge in [-0.15, -0.1) is 0 Å². The SMILES string of the molecule is OC(CC(O)C(F)(F)F)C(F)(F)F.OC(CC(O)C(F)(F)F)C(F)(F)F.[Cu].[OH3+].[OH3+]. The van der Waals surface area contributed by atoms with E-state index in [1.807, 2.05) is 0 Å². The molecule has 0 aliphatic heterocycles. The molecular formula is C10H18CuF12O6+2. The Morgan fingerprint density at radius 1 is 0.414 bits per heavy atom. The first kappa shape index (κ1) is 39.0. The van der Waals surface area contributed by atoms with Crippen LogP contribution in [-0.2, 0) is 28.0 Å². The van der Waals surface area contributed by atoms with E-state index in [2.05, 4.69) is 0 Å². The first-order chi connectivity index (χ1) is 11.1. The number of halogens is 12. The molecule has 0 amide bonds. The van der Waals surface area contributed by atoms with Crippen molar-refractivity contribution in [3.05, 3.63) is 0 Å². The van der Waals surface area contributed by atoms with E-state index in [0.717, 1.165) is 0 Å². The number of rotatable bonds is 4. The van der Waals surface area contributed by atoms with Gasteiger partial charge >= 0.3 is 24.7 Å². The van der Waals surface area contributed by atoms with Gasteiger partial charge in [-0.05, 0) is 0 Å². The molecule has 0 bridgehead atoms. The summed E-state index contributed by atoms with van der Waals surface area (Å²) in [5, 5.41) is 32.5. The van der Waals surface area contributed by atoms with Crippen molar-refractivity contribution in [3.63, 3.8) is 0 Å². The molecule has 0 heterocycles. The van der Waals surface area contributed by atoms with E-state index in [0.29, 0.717) is 0 Å². The van der Waals surface area contributed by atoms with Crippen LogP contribution in [0, 0.1) is 0 Å². The van der Waals surface area contributed by atoms with Gasteiger partial charge in [0.1, 0.15) is 0 Å². The Hall–Kier alpha value is -0.561. The van der Waals surface area contributed by atoms with Gasteiger partial charge in [0.15, 0.2) is 24.4 Å². The van der Waals surface area contributed by atoms with E-state index in [-0.39, 0.29) is 28.0 Å². The van der Waals surface area contributed by atoms with E-state index in [1.165, 1.54) is 0 Å². The number of hydrogen-bond donors (Lipinski definition) is 4. The predicted octanol–water partition coefficient (Wildman–Crippen LogP) is 0.600. The van der Waals surface area contributed by atoms with Crippen LogP contribution < -0.4 is 0 Å². The second kappa shape index (κ2) is 13.7. The van der Waals surface area contributed by atoms with Crippen LogP contribution in [0.1, 0.15) is 12.8 Å². The van der Waals surface area contributed by atoms with Gasteiger partial charge in [-0.1, -0.05) is 0 Å². The van der Waals surface area contributed by atoms with Crippen molar-refractivity contribution in [1.29, 1.82) is 0 Å². The van der Waals surface area contributed by atoms with Gasteiger partial charge in [-0.3, -0.25) is 0 Å². The summed E-state index contributed by atoms with van der Waals surface area (Å²) in [6, 6.07) is 0. The number of aliphatic hydroxyl groups is 4. The second-order valence-corrected chi connectivity index (χ2v) is 4.70. The zero-order valence-electron chi connectivity index (χ0n) is 13.5. The quantitative estimate of drug-likeness (QED) is 0.242. The molecule has 1 radical (unpaired) electrons. The monoisotopic (exact) mass is 525 g/mol. The standard InChI is InChI=1S/2C5H6F6O2.Cu.2H2O/c2*6-4(7,8)2(12)1-3(13)5(9,10)11;;;/h2*2-3,12-13H,1H2;;2*1H2/p+2. The molecule has 10 N–H and O–H groups in total. The van der Waals surface area contributed by atoms with Crippen molar-refractivity contribution in [2.24, 2.45) is 0 Å². The molecule has 4 unspecified atom stereocenters. The average Bonchev–Trinajstić information content (AvgIpc) is 2.34. The Kier molecular flexibility index (Phi) is 18.4. The third kappa shape index (κ3) is 18.0. The summed E-state index contributed by atoms with van der Waals surface area (Å²) in [5.74, 6) is 0. The number of hydrogen-bond acceptors (Lipinski definition) is 4. The van der Waals surface area contributed by atoms with Crippen LogP contribution in [0.3, 0.4) is 0 Å². The van der Waals surface area contributed by atoms with Crippen LogP contribution in [-0.4, -0.2) is 69.5 Å². The van der Waals surface area contributed by atoms with Crippen LogP contribution in [0.15, 0.2) is 0 Å². The Morgan fingerprint density at radius 2 is 0.517 bits per heavy atom. The molecule has 0 aliphatic rings. The van der Waals surface area contributed by atoms with Crippen molar-refractivity contribution in [1.82, 2.24) is 0 Å². The minimum absolute atomic E-state index is 0. The van der Waals surface area contributed by atoms with Crippen LogP contribution in [0.25, 0.3) is 0 Å². The van der Waals surface area contributed by atoms with Crippen molar-refractivity contribution in [3.8, 4) is 0 Å². The average molecular weight is 526 g/mol. The van der Waals surface area contributed by atoms with Crippen molar-refractivity contribution < 1.29 is 101 Å². The molecule has 0 rings (SSSR count). The Labute approximate surface area is 164 Å². The van der Waals surface area contributed by atoms with E-state index in [1.54, 1.807) is 0 Å². The zero-order valence-corrected chi connectivity index (χ0v) is 14.4. The topological polar surface area (TPSA) is 147 Å². The smallest absolute Gasteiger partial charge is 0.414 e. The van der Waals surface area contributed by atoms with Gasteiger partial charge in [0.05, 0.1) is 0 Å². The Balaban J connectivity index is -0.000000120. The van der Waals surface area contributed by atoms with Crippen LogP contribution in [0.2, 0.25) is 0 Å². The van der Waals surface area contributed by atoms with Crippen molar-refractivity contribution >= 4 is 0 Å². The summed E-state index contributed by atoms with van der Waals surface area (Å²) in [6.45, 7) is 0. The summed E-state index contributed by atoms with van der Waals surface area (Å²) in [4.78, 5) is 0. The fourth-order valence-electron chi connectivity index (χ4n) is 0.957. The van der Waals surface area contributed by atoms with E-state index in [9.17, 15) is 52.7 Å². The molecule has 4 atom stereocenters. The minimum atomic E-state index is -5.15. The van der Waals surface area contributed by atoms with E-state index in [4.69, 9.17) is 20.4 Å². The normalized spacial score (nSPS) is 16.6. The van der Waals surface area contributed by atoms with Crippen molar-refractivity contribution in [2.45, 2.75) is 62.0 Å². The van der Waals surface area contributed by atoms with Gasteiger partial charge in [0, 0.05) is 29.9 Å². The maximum absolute atomic E-state index is 11.5. The maximum atomic E-state index is 11.5. The molecular weight excluding hydrogens is 508 g/mol. The van der Waals surface area contributed by atoms with Crippen LogP contribution in [0.5, 0.6) is 0 Å². The Morgan fingerprint density at radius 3 is 0.586 bits per heavy atom. The summed E-state index contributed by atoms with van der Waals surface area (Å²) in [6.07, 6.45) is -36.8. The molecule has 0 saturated carbocycles. The third-order valence-corrected chi connectivity index (χ3v) is 2.40. The van der Waals surface area contributed by atoms with Crippen LogP contribution >= 0.6 is 0 Å². The summed E-state index contributed by atoms with van der Waals surface area (Å²) in [7, 11) is 0. The van der Waals surface area contributed by atoms with Crippen LogP contribution in [0.4, 0.5) is 52.7 Å². The minimum Gasteiger partial charge on any atom is -0.457 e. The van der Waals surface area contributed by atoms with E-state index >= 15 is 0 Å². The van der Waals surface area contributed by atoms with Gasteiger partial charge in [0.25, 0.3) is 0 Å². The first-order valence-corrected chi connectivity index (χ1v) is 6.09. The number of aliphatic hydroxyl groups excluding tert-OH is 4. The number of alkyl halides is 12. The molecule has 29 heavy (non-hydrogen) atoms. The largest absolute Gasteiger partial charge is 0.457 e. The second-order valence-electron chi connectivity index (χ2n) is 4.70. The summed E-state index contributed by atoms with van der Waals surface area (Å²) < 4.78 is 138. The Bertz CT molecular complexity index is 336. The fraction of sp³-hybridized carbons (Fsp3) is 1.00. The summed E-state index contributed by atoms with van der Waals surface area (Å²) >= 11 is 0. The molecule has 6 nitrogen and oxygen atoms in total. The molecule has 0 aromatic carbocycles. The fourth-order valence-corrected chi connectivity index (χ4v) is 0.957. The van der Waals surface area contributed by atoms with Gasteiger partial charge < -0.3 is 31.4 Å². The molecule has 0 aromatic heterocycles. The van der Waals surface area contributed by atoms with Gasteiger partial charge in [-0.25, -0.2) is 0 Å². The molecule has 19 heteroatoms. The predicted molar refractivity (Wildman–Crippen MR) is 67.2 cm³/mol. The molecule has 0 aliphatic carbocycles. The van der Waals surface area contributed by atoms with Crippen molar-refractivity contribution in [2.75, 3.05) is 0 Å². The van der Waals surface area contributed by atoms with Gasteiger partial charge in [-0.2, -0.15) is 52.7 Å². The molecule has 0 spiro atoms. The first-order valence-electron chi connectivity index (χ1n) is 6.09. The summed E-state index contributed by atoms with van der Waals surface area (Å²) in [5.41, 5.74) is 0. The maximum Gasteiger partial charge on any atom is 0.414 e. The third-order valence-electron chi connectivity index (χ3n) is 2.40. The van der Waals surface area contributed by atoms with Gasteiger partial charge in [0.2, 0.25) is 0 Å². The molecule has 0 fully saturated rings. The van der Waals surface area contributed by atoms with E-state index < -0.39 is 62.0 Å². The molecule has 0 aromatic rings. The molecule has 187 valence electrons. The molecule has 0 saturated heterocycles. The zero-order chi connectivity index (χ0) is 21.7.